The van der Waals surface area contributed by atoms with Crippen molar-refractivity contribution in [3.8, 4) is 22.4 Å². The van der Waals surface area contributed by atoms with Gasteiger partial charge in [0.1, 0.15) is 12.1 Å². The molecular weight excluding hydrogens is 546 g/mol. The Morgan fingerprint density at radius 2 is 1.78 bits per heavy atom. The number of likely N-dealkylation sites (tertiary alicyclic amines) is 1. The fourth-order valence-corrected chi connectivity index (χ4v) is 5.72. The predicted molar refractivity (Wildman–Crippen MR) is 149 cm³/mol. The summed E-state index contributed by atoms with van der Waals surface area (Å²) in [6.45, 7) is 0.940. The Kier molecular flexibility index (Phi) is 6.53. The van der Waals surface area contributed by atoms with Crippen molar-refractivity contribution in [2.75, 3.05) is 25.1 Å². The first-order chi connectivity index (χ1) is 19.7. The van der Waals surface area contributed by atoms with Gasteiger partial charge in [0, 0.05) is 48.2 Å². The van der Waals surface area contributed by atoms with Gasteiger partial charge in [-0.2, -0.15) is 14.7 Å². The summed E-state index contributed by atoms with van der Waals surface area (Å²) in [5, 5.41) is 10.7. The molecule has 14 heteroatoms. The van der Waals surface area contributed by atoms with E-state index >= 15 is 0 Å². The summed E-state index contributed by atoms with van der Waals surface area (Å²) in [6.07, 6.45) is 7.68. The molecule has 1 aromatic carbocycles. The van der Waals surface area contributed by atoms with Crippen LogP contribution in [0.15, 0.2) is 60.0 Å². The lowest BCUT2D eigenvalue weighted by Gasteiger charge is -2.31. The molecule has 0 aliphatic carbocycles. The largest absolute Gasteiger partial charge is 0.383 e. The minimum Gasteiger partial charge on any atom is -0.383 e. The van der Waals surface area contributed by atoms with Crippen LogP contribution in [-0.4, -0.2) is 79.6 Å². The fourth-order valence-electron chi connectivity index (χ4n) is 5.09. The van der Waals surface area contributed by atoms with Crippen molar-refractivity contribution in [1.29, 1.82) is 0 Å². The molecule has 0 unspecified atom stereocenters. The van der Waals surface area contributed by atoms with Crippen molar-refractivity contribution < 1.29 is 18.0 Å². The quantitative estimate of drug-likeness (QED) is 0.287. The number of nitrogens with two attached hydrogens (primary N) is 1. The molecule has 3 N–H and O–H groups in total. The second-order valence-electron chi connectivity index (χ2n) is 9.84. The highest BCUT2D eigenvalue weighted by molar-refractivity contribution is 7.90. The minimum atomic E-state index is -3.29. The summed E-state index contributed by atoms with van der Waals surface area (Å²) in [4.78, 5) is 40.1. The molecule has 0 saturated carbocycles. The first kappa shape index (κ1) is 26.3. The zero-order valence-electron chi connectivity index (χ0n) is 21.9. The van der Waals surface area contributed by atoms with Gasteiger partial charge in [-0.3, -0.25) is 19.7 Å². The van der Waals surface area contributed by atoms with Gasteiger partial charge in [-0.15, -0.1) is 0 Å². The number of amides is 1. The third-order valence-electron chi connectivity index (χ3n) is 7.31. The van der Waals surface area contributed by atoms with Gasteiger partial charge in [-0.25, -0.2) is 18.4 Å². The molecule has 5 heterocycles. The van der Waals surface area contributed by atoms with E-state index in [9.17, 15) is 18.0 Å². The number of carbonyl (C=O) groups is 2. The number of pyridine rings is 1. The number of sulfone groups is 1. The smallest absolute Gasteiger partial charge is 0.291 e. The van der Waals surface area contributed by atoms with Gasteiger partial charge in [-0.1, -0.05) is 18.2 Å². The highest BCUT2D eigenvalue weighted by atomic mass is 32.2. The monoisotopic (exact) mass is 571 g/mol. The second-order valence-corrected chi connectivity index (χ2v) is 11.9. The molecule has 5 aromatic rings. The molecule has 208 valence electrons. The van der Waals surface area contributed by atoms with E-state index in [4.69, 9.17) is 10.7 Å². The normalized spacial score (nSPS) is 14.4. The fraction of sp³-hybridized carbons (Fsp3) is 0.222. The van der Waals surface area contributed by atoms with E-state index in [1.54, 1.807) is 41.6 Å². The Bertz CT molecular complexity index is 1860. The Hall–Kier alpha value is -4.98. The van der Waals surface area contributed by atoms with Gasteiger partial charge in [0.25, 0.3) is 5.91 Å². The number of rotatable bonds is 6. The van der Waals surface area contributed by atoms with Crippen LogP contribution in [0.25, 0.3) is 28.0 Å². The lowest BCUT2D eigenvalue weighted by Crippen LogP contribution is -2.38. The summed E-state index contributed by atoms with van der Waals surface area (Å²) in [7, 11) is -3.29. The van der Waals surface area contributed by atoms with Crippen LogP contribution in [0.5, 0.6) is 0 Å². The molecule has 1 saturated heterocycles. The number of piperidine rings is 1. The zero-order valence-corrected chi connectivity index (χ0v) is 22.7. The molecule has 1 aliphatic heterocycles. The Balaban J connectivity index is 1.29. The molecular formula is C27H25N9O4S. The van der Waals surface area contributed by atoms with Gasteiger partial charge >= 0.3 is 0 Å². The van der Waals surface area contributed by atoms with E-state index < -0.39 is 9.84 Å². The number of hydrogen-bond acceptors (Lipinski definition) is 10. The first-order valence-corrected chi connectivity index (χ1v) is 14.7. The molecule has 4 aromatic heterocycles. The molecule has 0 radical (unpaired) electrons. The lowest BCUT2D eigenvalue weighted by molar-refractivity contribution is 0.0699. The van der Waals surface area contributed by atoms with E-state index in [-0.39, 0.29) is 33.9 Å². The summed E-state index contributed by atoms with van der Waals surface area (Å²) in [5.41, 5.74) is 10.7. The van der Waals surface area contributed by atoms with Crippen LogP contribution in [-0.2, 0) is 9.84 Å². The topological polar surface area (TPSA) is 182 Å². The van der Waals surface area contributed by atoms with Crippen LogP contribution in [0.1, 0.15) is 45.4 Å². The number of aromatic nitrogens is 7. The SMILES string of the molecule is CS(=O)(=O)c1ccc(-c2ccc(-c3cnn4c(N)c(C=O)c(C5CCN(C(=O)c6ncn[nH]6)CC5)nc34)cn2)cc1. The van der Waals surface area contributed by atoms with Crippen LogP contribution in [0, 0.1) is 0 Å². The van der Waals surface area contributed by atoms with Gasteiger partial charge in [-0.05, 0) is 31.0 Å². The summed E-state index contributed by atoms with van der Waals surface area (Å²) >= 11 is 0. The van der Waals surface area contributed by atoms with E-state index in [0.29, 0.717) is 54.8 Å². The average Bonchev–Trinajstić information content (AvgIpc) is 3.68. The molecule has 0 spiro atoms. The molecule has 0 bridgehead atoms. The van der Waals surface area contributed by atoms with E-state index in [1.165, 1.54) is 17.1 Å². The maximum absolute atomic E-state index is 12.7. The summed E-state index contributed by atoms with van der Waals surface area (Å²) in [6, 6.07) is 10.3. The van der Waals surface area contributed by atoms with Crippen molar-refractivity contribution in [1.82, 2.24) is 39.7 Å². The second kappa shape index (κ2) is 10.2. The average molecular weight is 572 g/mol. The molecule has 0 atom stereocenters. The van der Waals surface area contributed by atoms with Crippen LogP contribution >= 0.6 is 0 Å². The molecule has 1 fully saturated rings. The van der Waals surface area contributed by atoms with Gasteiger partial charge < -0.3 is 10.6 Å². The Morgan fingerprint density at radius 1 is 1.05 bits per heavy atom. The number of nitrogen functional groups attached to an aromatic ring is 1. The first-order valence-electron chi connectivity index (χ1n) is 12.8. The number of benzene rings is 1. The zero-order chi connectivity index (χ0) is 28.7. The van der Waals surface area contributed by atoms with Crippen LogP contribution in [0.2, 0.25) is 0 Å². The number of aldehydes is 1. The number of nitrogens with one attached hydrogen (secondary N) is 1. The van der Waals surface area contributed by atoms with Crippen molar-refractivity contribution in [3.05, 3.63) is 72.2 Å². The molecule has 6 rings (SSSR count). The Labute approximate surface area is 234 Å². The number of aromatic amines is 1. The van der Waals surface area contributed by atoms with Crippen LogP contribution < -0.4 is 5.73 Å². The number of anilines is 1. The third kappa shape index (κ3) is 4.82. The van der Waals surface area contributed by atoms with Crippen molar-refractivity contribution >= 4 is 33.5 Å². The third-order valence-corrected chi connectivity index (χ3v) is 8.44. The molecule has 41 heavy (non-hydrogen) atoms. The summed E-state index contributed by atoms with van der Waals surface area (Å²) in [5.74, 6) is 0.0801. The number of H-pyrrole nitrogens is 1. The number of carbonyl (C=O) groups excluding carboxylic acids is 2. The van der Waals surface area contributed by atoms with Crippen molar-refractivity contribution in [3.63, 3.8) is 0 Å². The highest BCUT2D eigenvalue weighted by Gasteiger charge is 2.30. The number of hydrogen-bond donors (Lipinski definition) is 2. The van der Waals surface area contributed by atoms with Crippen LogP contribution in [0.3, 0.4) is 0 Å². The van der Waals surface area contributed by atoms with Gasteiger partial charge in [0.2, 0.25) is 5.82 Å². The molecule has 1 amide bonds. The lowest BCUT2D eigenvalue weighted by atomic mass is 9.90. The number of fused-ring (bicyclic) bond motifs is 1. The highest BCUT2D eigenvalue weighted by Crippen LogP contribution is 2.34. The molecule has 13 nitrogen and oxygen atoms in total. The molecule has 1 aliphatic rings. The Morgan fingerprint density at radius 3 is 2.39 bits per heavy atom. The minimum absolute atomic E-state index is 0.0839. The van der Waals surface area contributed by atoms with Crippen LogP contribution in [0.4, 0.5) is 5.82 Å². The van der Waals surface area contributed by atoms with E-state index in [1.807, 2.05) is 12.1 Å². The van der Waals surface area contributed by atoms with E-state index in [2.05, 4.69) is 25.3 Å². The summed E-state index contributed by atoms with van der Waals surface area (Å²) < 4.78 is 25.0. The van der Waals surface area contributed by atoms with E-state index in [0.717, 1.165) is 11.1 Å². The predicted octanol–water partition coefficient (Wildman–Crippen LogP) is 2.39. The van der Waals surface area contributed by atoms with Crippen molar-refractivity contribution in [2.45, 2.75) is 23.7 Å². The standard InChI is InChI=1S/C27H25N9O4S/c1-41(39,40)19-5-2-16(3-6-19)22-7-4-18(12-29-22)20-13-32-36-24(28)21(14-37)23(33-26(20)36)17-8-10-35(11-9-17)27(38)25-30-15-31-34-25/h2-7,12-15,17H,8-11,28H2,1H3,(H,30,31,34). The van der Waals surface area contributed by atoms with Crippen molar-refractivity contribution in [2.24, 2.45) is 0 Å². The van der Waals surface area contributed by atoms with Gasteiger partial charge in [0.15, 0.2) is 21.8 Å². The maximum Gasteiger partial charge on any atom is 0.291 e. The van der Waals surface area contributed by atoms with Gasteiger partial charge in [0.05, 0.1) is 28.0 Å². The maximum atomic E-state index is 12.7. The number of nitrogens with zero attached hydrogens (tertiary/aromatic N) is 7.